The predicted octanol–water partition coefficient (Wildman–Crippen LogP) is 3.56. The maximum atomic E-state index is 11.8. The second kappa shape index (κ2) is 6.48. The van der Waals surface area contributed by atoms with E-state index in [2.05, 4.69) is 5.32 Å². The van der Waals surface area contributed by atoms with E-state index in [0.717, 1.165) is 10.7 Å². The molecule has 0 aliphatic rings. The number of nitrogens with one attached hydrogen (secondary N) is 1. The zero-order valence-corrected chi connectivity index (χ0v) is 11.9. The van der Waals surface area contributed by atoms with Gasteiger partial charge < -0.3 is 9.73 Å². The van der Waals surface area contributed by atoms with Crippen molar-refractivity contribution in [3.8, 4) is 0 Å². The molecule has 100 valence electrons. The average molecular weight is 275 g/mol. The van der Waals surface area contributed by atoms with Crippen LogP contribution in [0.15, 0.2) is 52.0 Å². The molecular weight excluding hydrogens is 258 g/mol. The van der Waals surface area contributed by atoms with Gasteiger partial charge in [-0.1, -0.05) is 17.7 Å². The van der Waals surface area contributed by atoms with Crippen molar-refractivity contribution in [3.05, 3.63) is 54.0 Å². The van der Waals surface area contributed by atoms with Crippen LogP contribution in [-0.2, 0) is 4.79 Å². The minimum atomic E-state index is -0.0962. The van der Waals surface area contributed by atoms with E-state index >= 15 is 0 Å². The van der Waals surface area contributed by atoms with Gasteiger partial charge >= 0.3 is 0 Å². The fraction of sp³-hybridized carbons (Fsp3) is 0.267. The molecule has 1 heterocycles. The molecule has 0 spiro atoms. The molecule has 1 amide bonds. The van der Waals surface area contributed by atoms with Crippen LogP contribution in [0.2, 0.25) is 0 Å². The van der Waals surface area contributed by atoms with E-state index in [1.54, 1.807) is 6.26 Å². The summed E-state index contributed by atoms with van der Waals surface area (Å²) in [4.78, 5) is 12.9. The Balaban J connectivity index is 1.80. The van der Waals surface area contributed by atoms with E-state index in [1.165, 1.54) is 17.3 Å². The molecule has 1 aromatic carbocycles. The fourth-order valence-corrected chi connectivity index (χ4v) is 2.38. The van der Waals surface area contributed by atoms with Crippen molar-refractivity contribution < 1.29 is 9.21 Å². The largest absolute Gasteiger partial charge is 0.467 e. The highest BCUT2D eigenvalue weighted by Gasteiger charge is 2.11. The molecule has 0 bridgehead atoms. The van der Waals surface area contributed by atoms with Crippen molar-refractivity contribution in [2.45, 2.75) is 24.8 Å². The van der Waals surface area contributed by atoms with Crippen molar-refractivity contribution in [2.24, 2.45) is 0 Å². The smallest absolute Gasteiger partial charge is 0.230 e. The molecule has 0 fully saturated rings. The number of carbonyl (C=O) groups is 1. The first kappa shape index (κ1) is 13.7. The minimum Gasteiger partial charge on any atom is -0.467 e. The first-order valence-corrected chi connectivity index (χ1v) is 7.16. The zero-order valence-electron chi connectivity index (χ0n) is 11.1. The van der Waals surface area contributed by atoms with Gasteiger partial charge in [0, 0.05) is 4.90 Å². The third-order valence-corrected chi connectivity index (χ3v) is 3.75. The highest BCUT2D eigenvalue weighted by atomic mass is 32.2. The maximum absolute atomic E-state index is 11.8. The van der Waals surface area contributed by atoms with E-state index in [4.69, 9.17) is 4.42 Å². The van der Waals surface area contributed by atoms with Crippen LogP contribution in [0, 0.1) is 6.92 Å². The summed E-state index contributed by atoms with van der Waals surface area (Å²) >= 11 is 1.53. The lowest BCUT2D eigenvalue weighted by molar-refractivity contribution is -0.119. The van der Waals surface area contributed by atoms with Gasteiger partial charge in [0.1, 0.15) is 5.76 Å². The SMILES string of the molecule is Cc1ccc(SCC(=O)NC(C)c2ccco2)cc1. The molecule has 1 atom stereocenters. The van der Waals surface area contributed by atoms with Crippen molar-refractivity contribution >= 4 is 17.7 Å². The van der Waals surface area contributed by atoms with Crippen LogP contribution in [0.1, 0.15) is 24.3 Å². The number of carbonyl (C=O) groups excluding carboxylic acids is 1. The molecule has 3 nitrogen and oxygen atoms in total. The molecule has 0 radical (unpaired) electrons. The first-order valence-electron chi connectivity index (χ1n) is 6.17. The number of hydrogen-bond donors (Lipinski definition) is 1. The van der Waals surface area contributed by atoms with Crippen molar-refractivity contribution in [3.63, 3.8) is 0 Å². The zero-order chi connectivity index (χ0) is 13.7. The van der Waals surface area contributed by atoms with E-state index in [9.17, 15) is 4.79 Å². The van der Waals surface area contributed by atoms with Gasteiger partial charge in [0.25, 0.3) is 0 Å². The van der Waals surface area contributed by atoms with Gasteiger partial charge in [-0.25, -0.2) is 0 Å². The van der Waals surface area contributed by atoms with E-state index in [-0.39, 0.29) is 11.9 Å². The summed E-state index contributed by atoms with van der Waals surface area (Å²) in [6.45, 7) is 3.96. The number of benzene rings is 1. The van der Waals surface area contributed by atoms with Gasteiger partial charge in [0.2, 0.25) is 5.91 Å². The Morgan fingerprint density at radius 2 is 2.05 bits per heavy atom. The summed E-state index contributed by atoms with van der Waals surface area (Å²) in [6, 6.07) is 11.7. The maximum Gasteiger partial charge on any atom is 0.230 e. The number of hydrogen-bond acceptors (Lipinski definition) is 3. The molecule has 2 rings (SSSR count). The van der Waals surface area contributed by atoms with E-state index < -0.39 is 0 Å². The molecule has 0 saturated carbocycles. The third kappa shape index (κ3) is 4.17. The molecule has 0 saturated heterocycles. The lowest BCUT2D eigenvalue weighted by Gasteiger charge is -2.11. The molecule has 2 aromatic rings. The quantitative estimate of drug-likeness (QED) is 0.848. The Morgan fingerprint density at radius 3 is 2.68 bits per heavy atom. The second-order valence-electron chi connectivity index (χ2n) is 4.41. The highest BCUT2D eigenvalue weighted by molar-refractivity contribution is 8.00. The van der Waals surface area contributed by atoms with Gasteiger partial charge in [-0.15, -0.1) is 11.8 Å². The highest BCUT2D eigenvalue weighted by Crippen LogP contribution is 2.18. The number of furan rings is 1. The monoisotopic (exact) mass is 275 g/mol. The van der Waals surface area contributed by atoms with Crippen LogP contribution in [0.5, 0.6) is 0 Å². The number of rotatable bonds is 5. The lowest BCUT2D eigenvalue weighted by Crippen LogP contribution is -2.27. The fourth-order valence-electron chi connectivity index (χ4n) is 1.68. The molecule has 0 aliphatic heterocycles. The molecule has 1 N–H and O–H groups in total. The second-order valence-corrected chi connectivity index (χ2v) is 5.46. The van der Waals surface area contributed by atoms with E-state index in [1.807, 2.05) is 50.2 Å². The Labute approximate surface area is 117 Å². The van der Waals surface area contributed by atoms with Gasteiger partial charge in [0.15, 0.2) is 0 Å². The normalized spacial score (nSPS) is 12.1. The molecule has 1 aromatic heterocycles. The van der Waals surface area contributed by atoms with E-state index in [0.29, 0.717) is 5.75 Å². The van der Waals surface area contributed by atoms with Gasteiger partial charge in [-0.2, -0.15) is 0 Å². The topological polar surface area (TPSA) is 42.2 Å². The Hall–Kier alpha value is -1.68. The summed E-state index contributed by atoms with van der Waals surface area (Å²) < 4.78 is 5.25. The molecular formula is C15H17NO2S. The lowest BCUT2D eigenvalue weighted by atomic mass is 10.2. The average Bonchev–Trinajstić information content (AvgIpc) is 2.92. The number of aryl methyl sites for hydroxylation is 1. The van der Waals surface area contributed by atoms with Gasteiger partial charge in [-0.05, 0) is 38.1 Å². The summed E-state index contributed by atoms with van der Waals surface area (Å²) in [5.41, 5.74) is 1.22. The Morgan fingerprint density at radius 1 is 1.32 bits per heavy atom. The predicted molar refractivity (Wildman–Crippen MR) is 77.2 cm³/mol. The van der Waals surface area contributed by atoms with Crippen LogP contribution >= 0.6 is 11.8 Å². The summed E-state index contributed by atoms with van der Waals surface area (Å²) in [6.07, 6.45) is 1.61. The first-order chi connectivity index (χ1) is 9.15. The standard InChI is InChI=1S/C15H17NO2S/c1-11-5-7-13(8-6-11)19-10-15(17)16-12(2)14-4-3-9-18-14/h3-9,12H,10H2,1-2H3,(H,16,17). The van der Waals surface area contributed by atoms with Crippen molar-refractivity contribution in [1.82, 2.24) is 5.32 Å². The van der Waals surface area contributed by atoms with Crippen LogP contribution in [0.4, 0.5) is 0 Å². The number of thioether (sulfide) groups is 1. The Bertz CT molecular complexity index is 520. The van der Waals surface area contributed by atoms with Crippen LogP contribution in [0.25, 0.3) is 0 Å². The van der Waals surface area contributed by atoms with Crippen LogP contribution < -0.4 is 5.32 Å². The van der Waals surface area contributed by atoms with Gasteiger partial charge in [0.05, 0.1) is 18.1 Å². The summed E-state index contributed by atoms with van der Waals surface area (Å²) in [5.74, 6) is 1.19. The van der Waals surface area contributed by atoms with Crippen LogP contribution in [0.3, 0.4) is 0 Å². The van der Waals surface area contributed by atoms with Gasteiger partial charge in [-0.3, -0.25) is 4.79 Å². The minimum absolute atomic E-state index is 0.00877. The van der Waals surface area contributed by atoms with Crippen molar-refractivity contribution in [2.75, 3.05) is 5.75 Å². The Kier molecular flexibility index (Phi) is 4.68. The molecule has 1 unspecified atom stereocenters. The molecule has 19 heavy (non-hydrogen) atoms. The number of amides is 1. The third-order valence-electron chi connectivity index (χ3n) is 2.74. The van der Waals surface area contributed by atoms with Crippen LogP contribution in [-0.4, -0.2) is 11.7 Å². The molecule has 0 aliphatic carbocycles. The summed E-state index contributed by atoms with van der Waals surface area (Å²) in [5, 5.41) is 2.91. The van der Waals surface area contributed by atoms with Crippen molar-refractivity contribution in [1.29, 1.82) is 0 Å². The summed E-state index contributed by atoms with van der Waals surface area (Å²) in [7, 11) is 0. The molecule has 4 heteroatoms.